The lowest BCUT2D eigenvalue weighted by Gasteiger charge is -2.24. The second-order valence-electron chi connectivity index (χ2n) is 4.28. The van der Waals surface area contributed by atoms with Crippen LogP contribution in [0.1, 0.15) is 32.1 Å². The summed E-state index contributed by atoms with van der Waals surface area (Å²) in [6.45, 7) is 3.82. The van der Waals surface area contributed by atoms with E-state index in [1.54, 1.807) is 0 Å². The van der Waals surface area contributed by atoms with E-state index in [1.807, 2.05) is 0 Å². The zero-order valence-electron chi connectivity index (χ0n) is 7.83. The molecule has 0 aromatic heterocycles. The number of aliphatic hydroxyl groups excluding tert-OH is 1. The van der Waals surface area contributed by atoms with Crippen molar-refractivity contribution in [3.05, 3.63) is 12.2 Å². The first-order chi connectivity index (χ1) is 6.20. The Hall–Kier alpha value is -0.630. The summed E-state index contributed by atoms with van der Waals surface area (Å²) in [7, 11) is 0. The van der Waals surface area contributed by atoms with Gasteiger partial charge >= 0.3 is 0 Å². The van der Waals surface area contributed by atoms with Crippen molar-refractivity contribution >= 4 is 5.78 Å². The molecule has 2 heteroatoms. The van der Waals surface area contributed by atoms with Crippen LogP contribution >= 0.6 is 0 Å². The highest BCUT2D eigenvalue weighted by Crippen LogP contribution is 2.43. The molecule has 72 valence electrons. The molecule has 3 atom stereocenters. The SMILES string of the molecule is C=C1C[C@@H]1[C@@H](O)[C@@H]1CCCCC1=O. The van der Waals surface area contributed by atoms with Gasteiger partial charge in [-0.25, -0.2) is 0 Å². The summed E-state index contributed by atoms with van der Waals surface area (Å²) >= 11 is 0. The average molecular weight is 180 g/mol. The van der Waals surface area contributed by atoms with Crippen LogP contribution < -0.4 is 0 Å². The fraction of sp³-hybridized carbons (Fsp3) is 0.727. The molecule has 2 nitrogen and oxygen atoms in total. The number of Topliss-reactive ketones (excluding diaryl/α,β-unsaturated/α-hetero) is 1. The first-order valence-electron chi connectivity index (χ1n) is 5.08. The number of ketones is 1. The zero-order chi connectivity index (χ0) is 9.42. The molecule has 0 radical (unpaired) electrons. The molecule has 13 heavy (non-hydrogen) atoms. The van der Waals surface area contributed by atoms with E-state index in [2.05, 4.69) is 6.58 Å². The molecule has 2 fully saturated rings. The number of hydrogen-bond donors (Lipinski definition) is 1. The molecule has 2 saturated carbocycles. The maximum atomic E-state index is 11.5. The summed E-state index contributed by atoms with van der Waals surface area (Å²) in [4.78, 5) is 11.5. The minimum atomic E-state index is -0.430. The number of rotatable bonds is 2. The van der Waals surface area contributed by atoms with E-state index in [0.29, 0.717) is 6.42 Å². The highest BCUT2D eigenvalue weighted by molar-refractivity contribution is 5.82. The van der Waals surface area contributed by atoms with Crippen LogP contribution in [-0.4, -0.2) is 17.0 Å². The molecule has 0 aromatic rings. The summed E-state index contributed by atoms with van der Waals surface area (Å²) in [5.41, 5.74) is 1.12. The van der Waals surface area contributed by atoms with Gasteiger partial charge in [-0.2, -0.15) is 0 Å². The molecule has 0 aliphatic heterocycles. The van der Waals surface area contributed by atoms with Crippen molar-refractivity contribution in [2.24, 2.45) is 11.8 Å². The van der Waals surface area contributed by atoms with Crippen molar-refractivity contribution in [3.8, 4) is 0 Å². The van der Waals surface area contributed by atoms with Gasteiger partial charge in [0.25, 0.3) is 0 Å². The molecule has 0 saturated heterocycles. The summed E-state index contributed by atoms with van der Waals surface area (Å²) in [5, 5.41) is 9.87. The lowest BCUT2D eigenvalue weighted by Crippen LogP contribution is -2.32. The molecule has 0 aromatic carbocycles. The van der Waals surface area contributed by atoms with E-state index in [0.717, 1.165) is 31.3 Å². The highest BCUT2D eigenvalue weighted by atomic mass is 16.3. The molecular weight excluding hydrogens is 164 g/mol. The van der Waals surface area contributed by atoms with Gasteiger partial charge in [0.15, 0.2) is 0 Å². The Morgan fingerprint density at radius 1 is 1.38 bits per heavy atom. The predicted octanol–water partition coefficient (Wildman–Crippen LogP) is 1.68. The van der Waals surface area contributed by atoms with Gasteiger partial charge in [0.1, 0.15) is 5.78 Å². The Morgan fingerprint density at radius 2 is 2.08 bits per heavy atom. The Bertz CT molecular complexity index is 244. The molecular formula is C11H16O2. The van der Waals surface area contributed by atoms with E-state index in [9.17, 15) is 9.90 Å². The van der Waals surface area contributed by atoms with Crippen LogP contribution in [-0.2, 0) is 4.79 Å². The third kappa shape index (κ3) is 1.68. The molecule has 0 heterocycles. The quantitative estimate of drug-likeness (QED) is 0.656. The van der Waals surface area contributed by atoms with Gasteiger partial charge in [0, 0.05) is 18.3 Å². The van der Waals surface area contributed by atoms with Crippen molar-refractivity contribution in [2.75, 3.05) is 0 Å². The molecule has 0 bridgehead atoms. The van der Waals surface area contributed by atoms with Crippen LogP contribution in [0.5, 0.6) is 0 Å². The van der Waals surface area contributed by atoms with E-state index in [1.165, 1.54) is 0 Å². The maximum absolute atomic E-state index is 11.5. The van der Waals surface area contributed by atoms with Gasteiger partial charge in [-0.3, -0.25) is 4.79 Å². The van der Waals surface area contributed by atoms with Crippen LogP contribution in [0.3, 0.4) is 0 Å². The van der Waals surface area contributed by atoms with Crippen molar-refractivity contribution in [1.29, 1.82) is 0 Å². The summed E-state index contributed by atoms with van der Waals surface area (Å²) in [6, 6.07) is 0. The lowest BCUT2D eigenvalue weighted by atomic mass is 9.82. The minimum Gasteiger partial charge on any atom is -0.392 e. The van der Waals surface area contributed by atoms with Crippen LogP contribution in [0.15, 0.2) is 12.2 Å². The van der Waals surface area contributed by atoms with Gasteiger partial charge in [-0.1, -0.05) is 18.6 Å². The highest BCUT2D eigenvalue weighted by Gasteiger charge is 2.41. The number of carbonyl (C=O) groups excluding carboxylic acids is 1. The molecule has 1 N–H and O–H groups in total. The van der Waals surface area contributed by atoms with Crippen LogP contribution in [0, 0.1) is 11.8 Å². The normalized spacial score (nSPS) is 36.1. The average Bonchev–Trinajstić information content (AvgIpc) is 2.82. The first-order valence-corrected chi connectivity index (χ1v) is 5.08. The van der Waals surface area contributed by atoms with Crippen molar-refractivity contribution in [3.63, 3.8) is 0 Å². The summed E-state index contributed by atoms with van der Waals surface area (Å²) in [6.07, 6.45) is 4.14. The third-order valence-corrected chi connectivity index (χ3v) is 3.27. The number of carbonyl (C=O) groups is 1. The fourth-order valence-electron chi connectivity index (χ4n) is 2.24. The molecule has 0 amide bonds. The Balaban J connectivity index is 1.97. The predicted molar refractivity (Wildman–Crippen MR) is 50.2 cm³/mol. The zero-order valence-corrected chi connectivity index (χ0v) is 7.83. The van der Waals surface area contributed by atoms with Gasteiger partial charge in [0.2, 0.25) is 0 Å². The molecule has 0 unspecified atom stereocenters. The lowest BCUT2D eigenvalue weighted by molar-refractivity contribution is -0.128. The standard InChI is InChI=1S/C11H16O2/c1-7-6-9(7)11(13)8-4-2-3-5-10(8)12/h8-9,11,13H,1-6H2/t8-,9+,11+/m1/s1. The van der Waals surface area contributed by atoms with E-state index < -0.39 is 6.10 Å². The molecule has 2 aliphatic rings. The maximum Gasteiger partial charge on any atom is 0.138 e. The Labute approximate surface area is 78.6 Å². The summed E-state index contributed by atoms with van der Waals surface area (Å²) in [5.74, 6) is 0.406. The van der Waals surface area contributed by atoms with E-state index in [4.69, 9.17) is 0 Å². The number of aliphatic hydroxyl groups is 1. The molecule has 0 spiro atoms. The monoisotopic (exact) mass is 180 g/mol. The second-order valence-corrected chi connectivity index (χ2v) is 4.28. The van der Waals surface area contributed by atoms with Crippen LogP contribution in [0.4, 0.5) is 0 Å². The Kier molecular flexibility index (Phi) is 2.24. The van der Waals surface area contributed by atoms with E-state index >= 15 is 0 Å². The van der Waals surface area contributed by atoms with Crippen LogP contribution in [0.2, 0.25) is 0 Å². The number of hydrogen-bond acceptors (Lipinski definition) is 2. The first kappa shape index (κ1) is 8.95. The third-order valence-electron chi connectivity index (χ3n) is 3.27. The van der Waals surface area contributed by atoms with Crippen molar-refractivity contribution < 1.29 is 9.90 Å². The van der Waals surface area contributed by atoms with Crippen LogP contribution in [0.25, 0.3) is 0 Å². The largest absolute Gasteiger partial charge is 0.392 e. The van der Waals surface area contributed by atoms with Gasteiger partial charge < -0.3 is 5.11 Å². The second kappa shape index (κ2) is 3.26. The minimum absolute atomic E-state index is 0.0852. The smallest absolute Gasteiger partial charge is 0.138 e. The fourth-order valence-corrected chi connectivity index (χ4v) is 2.24. The van der Waals surface area contributed by atoms with Gasteiger partial charge in [0.05, 0.1) is 6.10 Å². The Morgan fingerprint density at radius 3 is 2.62 bits per heavy atom. The topological polar surface area (TPSA) is 37.3 Å². The van der Waals surface area contributed by atoms with Gasteiger partial charge in [-0.05, 0) is 19.3 Å². The molecule has 2 aliphatic carbocycles. The van der Waals surface area contributed by atoms with E-state index in [-0.39, 0.29) is 17.6 Å². The van der Waals surface area contributed by atoms with Gasteiger partial charge in [-0.15, -0.1) is 0 Å². The summed E-state index contributed by atoms with van der Waals surface area (Å²) < 4.78 is 0. The molecule has 2 rings (SSSR count). The van der Waals surface area contributed by atoms with Crippen molar-refractivity contribution in [1.82, 2.24) is 0 Å². The van der Waals surface area contributed by atoms with Crippen molar-refractivity contribution in [2.45, 2.75) is 38.2 Å².